The molecule has 0 amide bonds. The van der Waals surface area contributed by atoms with Gasteiger partial charge in [0.1, 0.15) is 0 Å². The van der Waals surface area contributed by atoms with Crippen molar-refractivity contribution in [2.45, 2.75) is 6.54 Å². The second-order valence-corrected chi connectivity index (χ2v) is 1.71. The zero-order valence-corrected chi connectivity index (χ0v) is 5.37. The first kappa shape index (κ1) is 6.29. The maximum absolute atomic E-state index is 4.85. The Labute approximate surface area is 54.3 Å². The Balaban J connectivity index is 2.30. The van der Waals surface area contributed by atoms with Gasteiger partial charge in [0, 0.05) is 26.0 Å². The average molecular weight is 125 g/mol. The number of methoxy groups -OCH3 is 1. The molecular weight excluding hydrogens is 116 g/mol. The first-order valence-electron chi connectivity index (χ1n) is 2.81. The quantitative estimate of drug-likeness (QED) is 0.582. The van der Waals surface area contributed by atoms with E-state index in [1.54, 1.807) is 13.3 Å². The SMILES string of the molecule is COCCn1[c]ncc1. The Bertz CT molecular complexity index is 148. The Morgan fingerprint density at radius 3 is 3.22 bits per heavy atom. The lowest BCUT2D eigenvalue weighted by atomic mass is 10.7. The van der Waals surface area contributed by atoms with Gasteiger partial charge in [-0.3, -0.25) is 0 Å². The van der Waals surface area contributed by atoms with Crippen molar-refractivity contribution in [1.29, 1.82) is 0 Å². The third kappa shape index (κ3) is 1.85. The Morgan fingerprint density at radius 2 is 2.67 bits per heavy atom. The van der Waals surface area contributed by atoms with E-state index in [0.717, 1.165) is 6.54 Å². The molecule has 0 saturated carbocycles. The van der Waals surface area contributed by atoms with E-state index in [1.807, 2.05) is 10.8 Å². The summed E-state index contributed by atoms with van der Waals surface area (Å²) in [4.78, 5) is 3.76. The Kier molecular flexibility index (Phi) is 2.27. The maximum atomic E-state index is 4.85. The summed E-state index contributed by atoms with van der Waals surface area (Å²) in [5, 5.41) is 0. The van der Waals surface area contributed by atoms with Crippen LogP contribution in [0.5, 0.6) is 0 Å². The Morgan fingerprint density at radius 1 is 1.78 bits per heavy atom. The van der Waals surface area contributed by atoms with E-state index in [-0.39, 0.29) is 0 Å². The molecule has 0 N–H and O–H groups in total. The number of hydrogen-bond donors (Lipinski definition) is 0. The van der Waals surface area contributed by atoms with E-state index in [9.17, 15) is 0 Å². The van der Waals surface area contributed by atoms with Crippen LogP contribution in [0.1, 0.15) is 0 Å². The molecule has 3 heteroatoms. The normalized spacial score (nSPS) is 9.89. The Hall–Kier alpha value is -0.830. The monoisotopic (exact) mass is 125 g/mol. The minimum Gasteiger partial charge on any atom is -0.383 e. The van der Waals surface area contributed by atoms with Gasteiger partial charge in [-0.1, -0.05) is 0 Å². The second-order valence-electron chi connectivity index (χ2n) is 1.71. The summed E-state index contributed by atoms with van der Waals surface area (Å²) in [5.74, 6) is 0. The summed E-state index contributed by atoms with van der Waals surface area (Å²) in [6, 6.07) is 0. The number of nitrogens with zero attached hydrogens (tertiary/aromatic N) is 2. The molecule has 0 bridgehead atoms. The topological polar surface area (TPSA) is 27.1 Å². The summed E-state index contributed by atoms with van der Waals surface area (Å²) in [6.45, 7) is 1.54. The molecule has 0 spiro atoms. The molecule has 1 aromatic rings. The molecule has 1 rings (SSSR count). The van der Waals surface area contributed by atoms with Crippen molar-refractivity contribution >= 4 is 0 Å². The average Bonchev–Trinajstić information content (AvgIpc) is 2.34. The minimum absolute atomic E-state index is 0.715. The van der Waals surface area contributed by atoms with Crippen molar-refractivity contribution in [1.82, 2.24) is 9.55 Å². The lowest BCUT2D eigenvalue weighted by Crippen LogP contribution is -2.01. The third-order valence-corrected chi connectivity index (χ3v) is 1.04. The zero-order valence-electron chi connectivity index (χ0n) is 5.37. The molecule has 0 unspecified atom stereocenters. The van der Waals surface area contributed by atoms with Crippen LogP contribution in [0.15, 0.2) is 12.4 Å². The smallest absolute Gasteiger partial charge is 0.176 e. The van der Waals surface area contributed by atoms with Crippen molar-refractivity contribution in [3.63, 3.8) is 0 Å². The number of aromatic nitrogens is 2. The molecule has 0 saturated heterocycles. The van der Waals surface area contributed by atoms with Crippen molar-refractivity contribution in [2.75, 3.05) is 13.7 Å². The first-order valence-corrected chi connectivity index (χ1v) is 2.81. The van der Waals surface area contributed by atoms with Gasteiger partial charge in [0.15, 0.2) is 6.33 Å². The highest BCUT2D eigenvalue weighted by Crippen LogP contribution is 1.83. The minimum atomic E-state index is 0.715. The summed E-state index contributed by atoms with van der Waals surface area (Å²) in [5.41, 5.74) is 0. The van der Waals surface area contributed by atoms with Crippen LogP contribution in [0, 0.1) is 6.33 Å². The van der Waals surface area contributed by atoms with E-state index >= 15 is 0 Å². The molecule has 3 nitrogen and oxygen atoms in total. The molecule has 0 aromatic carbocycles. The van der Waals surface area contributed by atoms with Crippen molar-refractivity contribution < 1.29 is 4.74 Å². The lowest BCUT2D eigenvalue weighted by molar-refractivity contribution is 0.187. The maximum Gasteiger partial charge on any atom is 0.176 e. The summed E-state index contributed by atoms with van der Waals surface area (Å²) in [6.07, 6.45) is 6.32. The molecule has 9 heavy (non-hydrogen) atoms. The number of hydrogen-bond acceptors (Lipinski definition) is 2. The fourth-order valence-electron chi connectivity index (χ4n) is 0.569. The molecular formula is C6H9N2O. The molecule has 0 aliphatic carbocycles. The molecule has 0 aliphatic heterocycles. The number of imidazole rings is 1. The fraction of sp³-hybridized carbons (Fsp3) is 0.500. The summed E-state index contributed by atoms with van der Waals surface area (Å²) >= 11 is 0. The molecule has 1 aromatic heterocycles. The van der Waals surface area contributed by atoms with Crippen LogP contribution in [0.3, 0.4) is 0 Å². The summed E-state index contributed by atoms with van der Waals surface area (Å²) in [7, 11) is 1.68. The van der Waals surface area contributed by atoms with Crippen LogP contribution < -0.4 is 0 Å². The van der Waals surface area contributed by atoms with Gasteiger partial charge >= 0.3 is 0 Å². The molecule has 0 aliphatic rings. The van der Waals surface area contributed by atoms with Crippen molar-refractivity contribution in [3.05, 3.63) is 18.7 Å². The van der Waals surface area contributed by atoms with Crippen LogP contribution in [-0.2, 0) is 11.3 Å². The van der Waals surface area contributed by atoms with Crippen molar-refractivity contribution in [2.24, 2.45) is 0 Å². The summed E-state index contributed by atoms with van der Waals surface area (Å²) < 4.78 is 6.70. The molecule has 1 radical (unpaired) electrons. The first-order chi connectivity index (χ1) is 4.43. The highest BCUT2D eigenvalue weighted by Gasteiger charge is 1.86. The van der Waals surface area contributed by atoms with E-state index in [2.05, 4.69) is 11.3 Å². The molecule has 1 heterocycles. The van der Waals surface area contributed by atoms with Crippen LogP contribution in [-0.4, -0.2) is 23.3 Å². The van der Waals surface area contributed by atoms with E-state index in [0.29, 0.717) is 6.61 Å². The third-order valence-electron chi connectivity index (χ3n) is 1.04. The van der Waals surface area contributed by atoms with Gasteiger partial charge in [-0.05, 0) is 0 Å². The van der Waals surface area contributed by atoms with E-state index < -0.39 is 0 Å². The van der Waals surface area contributed by atoms with Crippen LogP contribution in [0.4, 0.5) is 0 Å². The van der Waals surface area contributed by atoms with Crippen LogP contribution in [0.2, 0.25) is 0 Å². The van der Waals surface area contributed by atoms with Crippen molar-refractivity contribution in [3.8, 4) is 0 Å². The number of rotatable bonds is 3. The van der Waals surface area contributed by atoms with Crippen LogP contribution >= 0.6 is 0 Å². The standard InChI is InChI=1S/C6H9N2O/c1-9-5-4-8-3-2-7-6-8/h2-3H,4-5H2,1H3. The van der Waals surface area contributed by atoms with Gasteiger partial charge in [-0.2, -0.15) is 0 Å². The van der Waals surface area contributed by atoms with Gasteiger partial charge in [0.05, 0.1) is 6.61 Å². The largest absolute Gasteiger partial charge is 0.383 e. The molecule has 49 valence electrons. The number of ether oxygens (including phenoxy) is 1. The second kappa shape index (κ2) is 3.25. The van der Waals surface area contributed by atoms with Gasteiger partial charge in [-0.25, -0.2) is 4.98 Å². The van der Waals surface area contributed by atoms with Crippen LogP contribution in [0.25, 0.3) is 0 Å². The van der Waals surface area contributed by atoms with Gasteiger partial charge in [0.2, 0.25) is 0 Å². The van der Waals surface area contributed by atoms with Gasteiger partial charge in [-0.15, -0.1) is 0 Å². The van der Waals surface area contributed by atoms with Gasteiger partial charge in [0.25, 0.3) is 0 Å². The lowest BCUT2D eigenvalue weighted by Gasteiger charge is -1.96. The van der Waals surface area contributed by atoms with Gasteiger partial charge < -0.3 is 9.30 Å². The van der Waals surface area contributed by atoms with E-state index in [1.165, 1.54) is 0 Å². The predicted molar refractivity (Wildman–Crippen MR) is 32.9 cm³/mol. The van der Waals surface area contributed by atoms with E-state index in [4.69, 9.17) is 4.74 Å². The zero-order chi connectivity index (χ0) is 6.53. The predicted octanol–water partition coefficient (Wildman–Crippen LogP) is 0.330. The molecule has 0 fully saturated rings. The highest BCUT2D eigenvalue weighted by molar-refractivity contribution is 4.71. The molecule has 0 atom stereocenters. The highest BCUT2D eigenvalue weighted by atomic mass is 16.5. The fourth-order valence-corrected chi connectivity index (χ4v) is 0.569.